The molecule has 5 nitrogen and oxygen atoms in total. The molecule has 154 valence electrons. The Balaban J connectivity index is 1.75. The van der Waals surface area contributed by atoms with Crippen molar-refractivity contribution in [2.75, 3.05) is 12.0 Å². The third kappa shape index (κ3) is 4.34. The van der Waals surface area contributed by atoms with E-state index in [0.29, 0.717) is 17.1 Å². The van der Waals surface area contributed by atoms with Gasteiger partial charge in [0.25, 0.3) is 5.91 Å². The molecule has 0 unspecified atom stereocenters. The molecule has 0 atom stereocenters. The number of rotatable bonds is 4. The molecule has 1 aliphatic heterocycles. The van der Waals surface area contributed by atoms with E-state index in [1.165, 1.54) is 7.11 Å². The summed E-state index contributed by atoms with van der Waals surface area (Å²) in [6, 6.07) is 22.3. The normalized spacial score (nSPS) is 14.7. The quantitative estimate of drug-likeness (QED) is 0.376. The van der Waals surface area contributed by atoms with Crippen LogP contribution >= 0.6 is 15.9 Å². The molecule has 6 heteroatoms. The van der Waals surface area contributed by atoms with Crippen molar-refractivity contribution in [3.05, 3.63) is 105 Å². The predicted octanol–water partition coefficient (Wildman–Crippen LogP) is 5.38. The van der Waals surface area contributed by atoms with E-state index in [-0.39, 0.29) is 5.91 Å². The number of aryl methyl sites for hydroxylation is 1. The molecule has 3 aromatic carbocycles. The largest absolute Gasteiger partial charge is 0.465 e. The molecule has 0 N–H and O–H groups in total. The van der Waals surface area contributed by atoms with E-state index in [1.807, 2.05) is 55.5 Å². The van der Waals surface area contributed by atoms with E-state index in [2.05, 4.69) is 20.9 Å². The number of carbonyl (C=O) groups excluding carboxylic acids is 2. The maximum absolute atomic E-state index is 13.3. The van der Waals surface area contributed by atoms with Gasteiger partial charge in [0.15, 0.2) is 0 Å². The number of nitrogens with zero attached hydrogens (tertiary/aromatic N) is 2. The van der Waals surface area contributed by atoms with E-state index >= 15 is 0 Å². The fourth-order valence-corrected chi connectivity index (χ4v) is 3.50. The van der Waals surface area contributed by atoms with Gasteiger partial charge in [0.2, 0.25) is 0 Å². The van der Waals surface area contributed by atoms with Crippen LogP contribution in [-0.4, -0.2) is 24.8 Å². The number of benzene rings is 3. The molecule has 1 amide bonds. The summed E-state index contributed by atoms with van der Waals surface area (Å²) in [7, 11) is 1.34. The van der Waals surface area contributed by atoms with Crippen LogP contribution in [0.3, 0.4) is 0 Å². The predicted molar refractivity (Wildman–Crippen MR) is 125 cm³/mol. The summed E-state index contributed by atoms with van der Waals surface area (Å²) < 4.78 is 5.68. The summed E-state index contributed by atoms with van der Waals surface area (Å²) >= 11 is 3.45. The molecule has 4 rings (SSSR count). The maximum atomic E-state index is 13.3. The van der Waals surface area contributed by atoms with Gasteiger partial charge in [-0.25, -0.2) is 9.79 Å². The first-order valence-electron chi connectivity index (χ1n) is 9.62. The summed E-state index contributed by atoms with van der Waals surface area (Å²) in [6.07, 6.45) is 1.72. The van der Waals surface area contributed by atoms with E-state index in [4.69, 9.17) is 4.74 Å². The van der Waals surface area contributed by atoms with Gasteiger partial charge in [-0.1, -0.05) is 57.9 Å². The summed E-state index contributed by atoms with van der Waals surface area (Å²) in [5.74, 6) is -0.0464. The van der Waals surface area contributed by atoms with Gasteiger partial charge in [-0.2, -0.15) is 0 Å². The first-order valence-corrected chi connectivity index (χ1v) is 10.4. The van der Waals surface area contributed by atoms with Crippen LogP contribution in [0.5, 0.6) is 0 Å². The van der Waals surface area contributed by atoms with Gasteiger partial charge in [-0.05, 0) is 55.0 Å². The molecule has 0 aromatic heterocycles. The van der Waals surface area contributed by atoms with Crippen molar-refractivity contribution >= 4 is 45.4 Å². The van der Waals surface area contributed by atoms with E-state index in [9.17, 15) is 9.59 Å². The third-order valence-corrected chi connectivity index (χ3v) is 5.42. The van der Waals surface area contributed by atoms with Gasteiger partial charge in [0, 0.05) is 10.0 Å². The molecule has 0 radical (unpaired) electrons. The van der Waals surface area contributed by atoms with Crippen molar-refractivity contribution in [2.24, 2.45) is 4.99 Å². The lowest BCUT2D eigenvalue weighted by atomic mass is 10.1. The molecular formula is C25H19BrN2O3. The Kier molecular flexibility index (Phi) is 5.82. The zero-order valence-electron chi connectivity index (χ0n) is 17.0. The standard InChI is InChI=1S/C25H19BrN2O3/c1-16-3-13-21(14-4-16)28-23(18-9-11-20(26)12-10-18)27-22(24(28)29)15-17-5-7-19(8-6-17)25(30)31-2/h3-15H,1-2H3/b22-15+. The van der Waals surface area contributed by atoms with Crippen LogP contribution in [0.4, 0.5) is 5.69 Å². The highest BCUT2D eigenvalue weighted by Crippen LogP contribution is 2.28. The average Bonchev–Trinajstić information content (AvgIpc) is 3.10. The Bertz CT molecular complexity index is 1200. The number of ether oxygens (including phenoxy) is 1. The number of methoxy groups -OCH3 is 1. The first kappa shape index (κ1) is 20.8. The summed E-state index contributed by atoms with van der Waals surface area (Å²) in [4.78, 5) is 31.3. The number of halogens is 1. The number of anilines is 1. The molecule has 1 heterocycles. The number of hydrogen-bond donors (Lipinski definition) is 0. The SMILES string of the molecule is COC(=O)c1ccc(/C=C2/N=C(c3ccc(Br)cc3)N(c3ccc(C)cc3)C2=O)cc1. The van der Waals surface area contributed by atoms with Crippen molar-refractivity contribution < 1.29 is 14.3 Å². The average molecular weight is 475 g/mol. The summed E-state index contributed by atoms with van der Waals surface area (Å²) in [5, 5.41) is 0. The summed E-state index contributed by atoms with van der Waals surface area (Å²) in [5.41, 5.74) is 4.23. The number of hydrogen-bond acceptors (Lipinski definition) is 4. The fourth-order valence-electron chi connectivity index (χ4n) is 3.23. The Morgan fingerprint density at radius 2 is 1.61 bits per heavy atom. The zero-order valence-corrected chi connectivity index (χ0v) is 18.6. The monoisotopic (exact) mass is 474 g/mol. The van der Waals surface area contributed by atoms with Crippen LogP contribution in [0.15, 0.2) is 88.0 Å². The zero-order chi connectivity index (χ0) is 22.0. The lowest BCUT2D eigenvalue weighted by Crippen LogP contribution is -2.32. The minimum Gasteiger partial charge on any atom is -0.465 e. The molecule has 1 aliphatic rings. The highest BCUT2D eigenvalue weighted by atomic mass is 79.9. The molecule has 3 aromatic rings. The smallest absolute Gasteiger partial charge is 0.337 e. The van der Waals surface area contributed by atoms with Crippen LogP contribution in [-0.2, 0) is 9.53 Å². The highest BCUT2D eigenvalue weighted by Gasteiger charge is 2.32. The molecule has 0 bridgehead atoms. The van der Waals surface area contributed by atoms with Gasteiger partial charge >= 0.3 is 5.97 Å². The number of carbonyl (C=O) groups is 2. The number of esters is 1. The number of amidine groups is 1. The molecular weight excluding hydrogens is 456 g/mol. The van der Waals surface area contributed by atoms with Crippen molar-refractivity contribution in [1.82, 2.24) is 0 Å². The minimum absolute atomic E-state index is 0.209. The third-order valence-electron chi connectivity index (χ3n) is 4.89. The first-order chi connectivity index (χ1) is 15.0. The van der Waals surface area contributed by atoms with Gasteiger partial charge in [0.1, 0.15) is 11.5 Å². The Labute approximate surface area is 188 Å². The fraction of sp³-hybridized carbons (Fsp3) is 0.0800. The maximum Gasteiger partial charge on any atom is 0.337 e. The second-order valence-corrected chi connectivity index (χ2v) is 7.98. The molecule has 0 saturated heterocycles. The van der Waals surface area contributed by atoms with Crippen LogP contribution < -0.4 is 4.90 Å². The topological polar surface area (TPSA) is 59.0 Å². The van der Waals surface area contributed by atoms with Crippen LogP contribution in [0.25, 0.3) is 6.08 Å². The molecule has 0 spiro atoms. The number of amides is 1. The van der Waals surface area contributed by atoms with Crippen LogP contribution in [0.2, 0.25) is 0 Å². The minimum atomic E-state index is -0.405. The molecule has 31 heavy (non-hydrogen) atoms. The van der Waals surface area contributed by atoms with Crippen molar-refractivity contribution in [3.8, 4) is 0 Å². The second-order valence-electron chi connectivity index (χ2n) is 7.06. The highest BCUT2D eigenvalue weighted by molar-refractivity contribution is 9.10. The van der Waals surface area contributed by atoms with Crippen LogP contribution in [0, 0.1) is 6.92 Å². The van der Waals surface area contributed by atoms with Gasteiger partial charge in [0.05, 0.1) is 18.4 Å². The molecule has 0 aliphatic carbocycles. The second kappa shape index (κ2) is 8.70. The van der Waals surface area contributed by atoms with Gasteiger partial charge in [-0.15, -0.1) is 0 Å². The Morgan fingerprint density at radius 1 is 0.968 bits per heavy atom. The van der Waals surface area contributed by atoms with Crippen molar-refractivity contribution in [1.29, 1.82) is 0 Å². The van der Waals surface area contributed by atoms with Crippen molar-refractivity contribution in [3.63, 3.8) is 0 Å². The van der Waals surface area contributed by atoms with Crippen LogP contribution in [0.1, 0.15) is 27.0 Å². The lowest BCUT2D eigenvalue weighted by molar-refractivity contribution is -0.113. The van der Waals surface area contributed by atoms with E-state index < -0.39 is 5.97 Å². The lowest BCUT2D eigenvalue weighted by Gasteiger charge is -2.18. The van der Waals surface area contributed by atoms with E-state index in [0.717, 1.165) is 26.9 Å². The molecule has 0 saturated carbocycles. The van der Waals surface area contributed by atoms with Gasteiger partial charge in [-0.3, -0.25) is 9.69 Å². The van der Waals surface area contributed by atoms with E-state index in [1.54, 1.807) is 35.2 Å². The van der Waals surface area contributed by atoms with Gasteiger partial charge < -0.3 is 4.74 Å². The molecule has 0 fully saturated rings. The number of aliphatic imine (C=N–C) groups is 1. The Morgan fingerprint density at radius 3 is 2.23 bits per heavy atom. The summed E-state index contributed by atoms with van der Waals surface area (Å²) in [6.45, 7) is 2.00. The van der Waals surface area contributed by atoms with Crippen molar-refractivity contribution in [2.45, 2.75) is 6.92 Å². The Hall–Kier alpha value is -3.51.